The van der Waals surface area contributed by atoms with Crippen molar-refractivity contribution in [3.8, 4) is 0 Å². The first-order chi connectivity index (χ1) is 10.0. The first-order valence-electron chi connectivity index (χ1n) is 7.83. The van der Waals surface area contributed by atoms with Crippen molar-refractivity contribution in [1.29, 1.82) is 0 Å². The van der Waals surface area contributed by atoms with E-state index < -0.39 is 17.4 Å². The van der Waals surface area contributed by atoms with Crippen molar-refractivity contribution in [2.24, 2.45) is 5.92 Å². The Kier molecular flexibility index (Phi) is 5.20. The number of carbonyl (C=O) groups excluding carboxylic acids is 2. The summed E-state index contributed by atoms with van der Waals surface area (Å²) in [5.74, 6) is -0.897. The summed E-state index contributed by atoms with van der Waals surface area (Å²) in [6.07, 6.45) is 7.98. The van der Waals surface area contributed by atoms with Gasteiger partial charge in [-0.15, -0.1) is 0 Å². The molecule has 0 atom stereocenters. The van der Waals surface area contributed by atoms with Gasteiger partial charge in [-0.05, 0) is 31.6 Å². The number of carbonyl (C=O) groups is 3. The van der Waals surface area contributed by atoms with Crippen molar-refractivity contribution < 1.29 is 19.5 Å². The minimum absolute atomic E-state index is 0.130. The smallest absolute Gasteiger partial charge is 0.329 e. The first kappa shape index (κ1) is 15.8. The Bertz CT molecular complexity index is 412. The van der Waals surface area contributed by atoms with Gasteiger partial charge >= 0.3 is 5.97 Å². The van der Waals surface area contributed by atoms with Crippen molar-refractivity contribution >= 4 is 17.8 Å². The van der Waals surface area contributed by atoms with E-state index in [-0.39, 0.29) is 12.5 Å². The van der Waals surface area contributed by atoms with E-state index in [9.17, 15) is 14.4 Å². The maximum Gasteiger partial charge on any atom is 0.329 e. The Balaban J connectivity index is 1.64. The molecule has 0 heterocycles. The van der Waals surface area contributed by atoms with Crippen LogP contribution in [0.1, 0.15) is 57.8 Å². The molecule has 0 aliphatic heterocycles. The van der Waals surface area contributed by atoms with Crippen LogP contribution in [0.15, 0.2) is 0 Å². The SMILES string of the molecule is O=C(CCC1CCCC1)NCC(=O)NC1(C(=O)O)CCC1. The summed E-state index contributed by atoms with van der Waals surface area (Å²) in [5.41, 5.74) is -1.11. The van der Waals surface area contributed by atoms with E-state index in [4.69, 9.17) is 5.11 Å². The van der Waals surface area contributed by atoms with E-state index >= 15 is 0 Å². The van der Waals surface area contributed by atoms with Crippen LogP contribution in [-0.2, 0) is 14.4 Å². The van der Waals surface area contributed by atoms with Crippen LogP contribution in [-0.4, -0.2) is 35.0 Å². The molecule has 0 aromatic rings. The third-order valence-electron chi connectivity index (χ3n) is 4.70. The third-order valence-corrected chi connectivity index (χ3v) is 4.70. The van der Waals surface area contributed by atoms with Crippen molar-refractivity contribution in [3.05, 3.63) is 0 Å². The Hall–Kier alpha value is -1.59. The van der Waals surface area contributed by atoms with Crippen LogP contribution in [0.25, 0.3) is 0 Å². The lowest BCUT2D eigenvalue weighted by atomic mass is 9.77. The van der Waals surface area contributed by atoms with Crippen LogP contribution < -0.4 is 10.6 Å². The van der Waals surface area contributed by atoms with Gasteiger partial charge in [0.2, 0.25) is 11.8 Å². The molecule has 0 spiro atoms. The summed E-state index contributed by atoms with van der Waals surface area (Å²) in [4.78, 5) is 34.5. The predicted octanol–water partition coefficient (Wildman–Crippen LogP) is 1.20. The number of nitrogens with one attached hydrogen (secondary N) is 2. The van der Waals surface area contributed by atoms with Gasteiger partial charge in [-0.1, -0.05) is 25.7 Å². The molecular formula is C15H24N2O4. The average Bonchev–Trinajstić information content (AvgIpc) is 2.91. The monoisotopic (exact) mass is 296 g/mol. The summed E-state index contributed by atoms with van der Waals surface area (Å²) in [7, 11) is 0. The van der Waals surface area contributed by atoms with Crippen LogP contribution in [0.4, 0.5) is 0 Å². The van der Waals surface area contributed by atoms with Gasteiger partial charge in [0.15, 0.2) is 0 Å². The number of carboxylic acids is 1. The minimum atomic E-state index is -1.11. The zero-order chi connectivity index (χ0) is 15.3. The molecule has 0 radical (unpaired) electrons. The fraction of sp³-hybridized carbons (Fsp3) is 0.800. The molecule has 2 fully saturated rings. The molecule has 3 N–H and O–H groups in total. The van der Waals surface area contributed by atoms with Gasteiger partial charge < -0.3 is 15.7 Å². The standard InChI is InChI=1S/C15H24N2O4/c18-12(7-6-11-4-1-2-5-11)16-10-13(19)17-15(14(20)21)8-3-9-15/h11H,1-10H2,(H,16,18)(H,17,19)(H,20,21). The van der Waals surface area contributed by atoms with Crippen LogP contribution in [0.3, 0.4) is 0 Å². The highest BCUT2D eigenvalue weighted by Gasteiger charge is 2.45. The molecule has 6 nitrogen and oxygen atoms in total. The molecular weight excluding hydrogens is 272 g/mol. The molecule has 2 rings (SSSR count). The maximum atomic E-state index is 11.7. The lowest BCUT2D eigenvalue weighted by molar-refractivity contribution is -0.151. The number of carboxylic acid groups (broad SMARTS) is 1. The van der Waals surface area contributed by atoms with Gasteiger partial charge in [0.25, 0.3) is 0 Å². The second-order valence-corrected chi connectivity index (χ2v) is 6.25. The average molecular weight is 296 g/mol. The summed E-state index contributed by atoms with van der Waals surface area (Å²) in [6, 6.07) is 0. The topological polar surface area (TPSA) is 95.5 Å². The maximum absolute atomic E-state index is 11.7. The van der Waals surface area contributed by atoms with Crippen LogP contribution in [0.2, 0.25) is 0 Å². The van der Waals surface area contributed by atoms with Gasteiger partial charge in [0.1, 0.15) is 5.54 Å². The second-order valence-electron chi connectivity index (χ2n) is 6.25. The molecule has 2 saturated carbocycles. The second kappa shape index (κ2) is 6.91. The molecule has 0 unspecified atom stereocenters. The molecule has 2 amide bonds. The van der Waals surface area contributed by atoms with Gasteiger partial charge in [-0.2, -0.15) is 0 Å². The largest absolute Gasteiger partial charge is 0.480 e. The van der Waals surface area contributed by atoms with E-state index in [1.165, 1.54) is 25.7 Å². The third kappa shape index (κ3) is 4.19. The summed E-state index contributed by atoms with van der Waals surface area (Å²) in [6.45, 7) is -0.140. The van der Waals surface area contributed by atoms with Crippen molar-refractivity contribution in [2.75, 3.05) is 6.54 Å². The van der Waals surface area contributed by atoms with Crippen LogP contribution in [0.5, 0.6) is 0 Å². The molecule has 6 heteroatoms. The zero-order valence-corrected chi connectivity index (χ0v) is 12.3. The molecule has 0 aromatic heterocycles. The Morgan fingerprint density at radius 1 is 1.05 bits per heavy atom. The summed E-state index contributed by atoms with van der Waals surface area (Å²) in [5, 5.41) is 14.2. The van der Waals surface area contributed by atoms with Gasteiger partial charge in [-0.25, -0.2) is 4.79 Å². The lowest BCUT2D eigenvalue weighted by Gasteiger charge is -2.38. The fourth-order valence-corrected chi connectivity index (χ4v) is 3.14. The molecule has 21 heavy (non-hydrogen) atoms. The van der Waals surface area contributed by atoms with Crippen molar-refractivity contribution in [3.63, 3.8) is 0 Å². The normalized spacial score (nSPS) is 20.6. The van der Waals surface area contributed by atoms with Gasteiger partial charge in [-0.3, -0.25) is 9.59 Å². The highest BCUT2D eigenvalue weighted by molar-refractivity contribution is 5.90. The summed E-state index contributed by atoms with van der Waals surface area (Å²) >= 11 is 0. The van der Waals surface area contributed by atoms with Crippen LogP contribution in [0, 0.1) is 5.92 Å². The van der Waals surface area contributed by atoms with E-state index in [2.05, 4.69) is 10.6 Å². The van der Waals surface area contributed by atoms with Crippen molar-refractivity contribution in [1.82, 2.24) is 10.6 Å². The number of aliphatic carboxylic acids is 1. The fourth-order valence-electron chi connectivity index (χ4n) is 3.14. The Morgan fingerprint density at radius 3 is 2.24 bits per heavy atom. The molecule has 0 saturated heterocycles. The van der Waals surface area contributed by atoms with Crippen LogP contribution >= 0.6 is 0 Å². The molecule has 2 aliphatic rings. The van der Waals surface area contributed by atoms with Gasteiger partial charge in [0, 0.05) is 6.42 Å². The van der Waals surface area contributed by atoms with Gasteiger partial charge in [0.05, 0.1) is 6.54 Å². The minimum Gasteiger partial charge on any atom is -0.480 e. The Morgan fingerprint density at radius 2 is 1.71 bits per heavy atom. The highest BCUT2D eigenvalue weighted by atomic mass is 16.4. The summed E-state index contributed by atoms with van der Waals surface area (Å²) < 4.78 is 0. The number of hydrogen-bond acceptors (Lipinski definition) is 3. The zero-order valence-electron chi connectivity index (χ0n) is 12.3. The molecule has 118 valence electrons. The van der Waals surface area contributed by atoms with E-state index in [1.54, 1.807) is 0 Å². The highest BCUT2D eigenvalue weighted by Crippen LogP contribution is 2.32. The van der Waals surface area contributed by atoms with E-state index in [1.807, 2.05) is 0 Å². The van der Waals surface area contributed by atoms with E-state index in [0.29, 0.717) is 25.2 Å². The Labute approximate surface area is 124 Å². The number of amides is 2. The number of rotatable bonds is 7. The first-order valence-corrected chi connectivity index (χ1v) is 7.83. The molecule has 0 aromatic carbocycles. The molecule has 0 bridgehead atoms. The predicted molar refractivity (Wildman–Crippen MR) is 76.6 cm³/mol. The van der Waals surface area contributed by atoms with E-state index in [0.717, 1.165) is 12.8 Å². The molecule has 2 aliphatic carbocycles. The van der Waals surface area contributed by atoms with Crippen molar-refractivity contribution in [2.45, 2.75) is 63.3 Å². The lowest BCUT2D eigenvalue weighted by Crippen LogP contribution is -2.60. The number of hydrogen-bond donors (Lipinski definition) is 3. The quantitative estimate of drug-likeness (QED) is 0.657.